The number of oxazole rings is 1. The lowest BCUT2D eigenvalue weighted by Crippen LogP contribution is -2.52. The van der Waals surface area contributed by atoms with Crippen molar-refractivity contribution in [1.82, 2.24) is 15.2 Å². The lowest BCUT2D eigenvalue weighted by molar-refractivity contribution is -0.124. The number of amides is 2. The number of benzene rings is 2. The number of likely N-dealkylation sites (tertiary alicyclic amines) is 1. The van der Waals surface area contributed by atoms with Crippen LogP contribution in [0.5, 0.6) is 5.75 Å². The van der Waals surface area contributed by atoms with E-state index in [0.29, 0.717) is 34.9 Å². The summed E-state index contributed by atoms with van der Waals surface area (Å²) in [6, 6.07) is 8.31. The molecule has 0 radical (unpaired) electrons. The van der Waals surface area contributed by atoms with E-state index in [1.54, 1.807) is 39.0 Å². The first-order chi connectivity index (χ1) is 17.0. The van der Waals surface area contributed by atoms with Crippen molar-refractivity contribution in [3.05, 3.63) is 58.2 Å². The molecule has 0 saturated carbocycles. The van der Waals surface area contributed by atoms with Crippen LogP contribution in [0, 0.1) is 5.82 Å². The molecule has 1 saturated heterocycles. The van der Waals surface area contributed by atoms with Crippen molar-refractivity contribution < 1.29 is 27.9 Å². The molecule has 0 unspecified atom stereocenters. The van der Waals surface area contributed by atoms with E-state index >= 15 is 0 Å². The monoisotopic (exact) mass is 537 g/mol. The Labute approximate surface area is 217 Å². The molecular weight excluding hydrogens is 512 g/mol. The van der Waals surface area contributed by atoms with E-state index in [1.165, 1.54) is 17.0 Å². The summed E-state index contributed by atoms with van der Waals surface area (Å²) in [5, 5.41) is 3.28. The smallest absolute Gasteiger partial charge is 0.411 e. The van der Waals surface area contributed by atoms with Crippen LogP contribution < -0.4 is 10.1 Å². The highest BCUT2D eigenvalue weighted by Crippen LogP contribution is 2.35. The normalized spacial score (nSPS) is 18.2. The summed E-state index contributed by atoms with van der Waals surface area (Å²) in [4.78, 5) is 31.7. The molecule has 1 fully saturated rings. The van der Waals surface area contributed by atoms with E-state index < -0.39 is 29.5 Å². The van der Waals surface area contributed by atoms with E-state index in [-0.39, 0.29) is 30.0 Å². The highest BCUT2D eigenvalue weighted by Gasteiger charge is 2.38. The third kappa shape index (κ3) is 6.20. The van der Waals surface area contributed by atoms with Gasteiger partial charge in [0.05, 0.1) is 10.0 Å². The number of aromatic nitrogens is 1. The van der Waals surface area contributed by atoms with Gasteiger partial charge in [0.15, 0.2) is 12.2 Å². The van der Waals surface area contributed by atoms with Crippen LogP contribution in [0.15, 0.2) is 40.8 Å². The number of nitrogens with zero attached hydrogens (tertiary/aromatic N) is 2. The fraction of sp³-hybridized carbons (Fsp3) is 0.400. The third-order valence-corrected chi connectivity index (χ3v) is 6.12. The Bertz CT molecular complexity index is 1280. The van der Waals surface area contributed by atoms with Gasteiger partial charge in [0.25, 0.3) is 5.91 Å². The van der Waals surface area contributed by atoms with Gasteiger partial charge in [0.2, 0.25) is 5.89 Å². The van der Waals surface area contributed by atoms with E-state index in [4.69, 9.17) is 37.1 Å². The number of rotatable bonds is 5. The zero-order chi connectivity index (χ0) is 26.0. The summed E-state index contributed by atoms with van der Waals surface area (Å²) in [7, 11) is 0. The summed E-state index contributed by atoms with van der Waals surface area (Å²) < 4.78 is 30.5. The SMILES string of the molecule is CC(C)(C)OC(=O)N1C[C@@H](NC(=O)COc2ccc(Cl)c(F)c2)CC[C@@H]1c1nc2c(Cl)cccc2o1. The van der Waals surface area contributed by atoms with Gasteiger partial charge in [-0.3, -0.25) is 9.69 Å². The van der Waals surface area contributed by atoms with Crippen LogP contribution >= 0.6 is 23.2 Å². The van der Waals surface area contributed by atoms with Crippen molar-refractivity contribution in [2.45, 2.75) is 51.3 Å². The highest BCUT2D eigenvalue weighted by atomic mass is 35.5. The fourth-order valence-corrected chi connectivity index (χ4v) is 4.25. The first kappa shape index (κ1) is 26.0. The standard InChI is InChI=1S/C25H26Cl2FN3O5/c1-25(2,3)36-24(33)31-12-14(29-21(32)13-34-15-8-9-16(26)18(28)11-15)7-10-19(31)23-30-22-17(27)5-4-6-20(22)35-23/h4-6,8-9,11,14,19H,7,10,12-13H2,1-3H3,(H,29,32)/t14-,19+/m0/s1. The molecule has 36 heavy (non-hydrogen) atoms. The van der Waals surface area contributed by atoms with Gasteiger partial charge in [0.1, 0.15) is 28.7 Å². The number of para-hydroxylation sites is 1. The van der Waals surface area contributed by atoms with E-state index in [2.05, 4.69) is 10.3 Å². The molecule has 2 heterocycles. The van der Waals surface area contributed by atoms with Crippen molar-refractivity contribution in [1.29, 1.82) is 0 Å². The molecule has 192 valence electrons. The maximum absolute atomic E-state index is 13.6. The number of hydrogen-bond donors (Lipinski definition) is 1. The first-order valence-electron chi connectivity index (χ1n) is 11.4. The summed E-state index contributed by atoms with van der Waals surface area (Å²) in [6.07, 6.45) is 0.475. The second kappa shape index (κ2) is 10.5. The van der Waals surface area contributed by atoms with Crippen molar-refractivity contribution in [3.63, 3.8) is 0 Å². The lowest BCUT2D eigenvalue weighted by atomic mass is 9.98. The largest absolute Gasteiger partial charge is 0.484 e. The van der Waals surface area contributed by atoms with Crippen LogP contribution in [0.2, 0.25) is 10.0 Å². The minimum Gasteiger partial charge on any atom is -0.484 e. The van der Waals surface area contributed by atoms with Crippen LogP contribution in [0.4, 0.5) is 9.18 Å². The van der Waals surface area contributed by atoms with Crippen molar-refractivity contribution >= 4 is 46.3 Å². The molecule has 1 N–H and O–H groups in total. The average molecular weight is 538 g/mol. The number of halogens is 3. The van der Waals surface area contributed by atoms with E-state index in [0.717, 1.165) is 6.07 Å². The lowest BCUT2D eigenvalue weighted by Gasteiger charge is -2.38. The molecule has 1 aliphatic heterocycles. The van der Waals surface area contributed by atoms with E-state index in [9.17, 15) is 14.0 Å². The predicted octanol–water partition coefficient (Wildman–Crippen LogP) is 5.91. The number of carbonyl (C=O) groups is 2. The number of carbonyl (C=O) groups excluding carboxylic acids is 2. The Balaban J connectivity index is 1.46. The molecule has 2 atom stereocenters. The zero-order valence-electron chi connectivity index (χ0n) is 20.0. The number of hydrogen-bond acceptors (Lipinski definition) is 6. The average Bonchev–Trinajstić information content (AvgIpc) is 3.24. The van der Waals surface area contributed by atoms with Crippen LogP contribution in [0.3, 0.4) is 0 Å². The number of nitrogens with one attached hydrogen (secondary N) is 1. The number of ether oxygens (including phenoxy) is 2. The van der Waals surface area contributed by atoms with Gasteiger partial charge in [-0.15, -0.1) is 0 Å². The summed E-state index contributed by atoms with van der Waals surface area (Å²) in [5.41, 5.74) is 0.321. The fourth-order valence-electron chi connectivity index (χ4n) is 3.93. The van der Waals surface area contributed by atoms with Gasteiger partial charge in [-0.05, 0) is 57.9 Å². The molecule has 1 aromatic heterocycles. The quantitative estimate of drug-likeness (QED) is 0.434. The minimum absolute atomic E-state index is 0.0352. The summed E-state index contributed by atoms with van der Waals surface area (Å²) in [6.45, 7) is 5.18. The van der Waals surface area contributed by atoms with Crippen LogP contribution in [-0.4, -0.2) is 46.7 Å². The second-order valence-electron chi connectivity index (χ2n) is 9.49. The van der Waals surface area contributed by atoms with Gasteiger partial charge in [0, 0.05) is 18.7 Å². The topological polar surface area (TPSA) is 93.9 Å². The summed E-state index contributed by atoms with van der Waals surface area (Å²) >= 11 is 11.9. The maximum atomic E-state index is 13.6. The van der Waals surface area contributed by atoms with Crippen molar-refractivity contribution in [2.24, 2.45) is 0 Å². The number of piperidine rings is 1. The molecule has 0 bridgehead atoms. The Morgan fingerprint density at radius 1 is 1.19 bits per heavy atom. The molecule has 1 aliphatic rings. The van der Waals surface area contributed by atoms with Gasteiger partial charge < -0.3 is 19.2 Å². The minimum atomic E-state index is -0.718. The Hall–Kier alpha value is -3.04. The number of fused-ring (bicyclic) bond motifs is 1. The molecule has 2 amide bonds. The van der Waals surface area contributed by atoms with Crippen molar-refractivity contribution in [3.8, 4) is 5.75 Å². The zero-order valence-corrected chi connectivity index (χ0v) is 21.5. The Morgan fingerprint density at radius 3 is 2.67 bits per heavy atom. The first-order valence-corrected chi connectivity index (χ1v) is 12.2. The summed E-state index contributed by atoms with van der Waals surface area (Å²) in [5.74, 6) is -0.518. The van der Waals surface area contributed by atoms with Crippen LogP contribution in [-0.2, 0) is 9.53 Å². The van der Waals surface area contributed by atoms with Gasteiger partial charge in [-0.25, -0.2) is 14.2 Å². The van der Waals surface area contributed by atoms with Gasteiger partial charge in [-0.2, -0.15) is 0 Å². The molecule has 2 aromatic carbocycles. The third-order valence-electron chi connectivity index (χ3n) is 5.51. The predicted molar refractivity (Wildman–Crippen MR) is 133 cm³/mol. The Kier molecular flexibility index (Phi) is 7.61. The molecule has 11 heteroatoms. The molecule has 0 aliphatic carbocycles. The van der Waals surface area contributed by atoms with Crippen LogP contribution in [0.1, 0.15) is 45.5 Å². The molecular formula is C25H26Cl2FN3O5. The maximum Gasteiger partial charge on any atom is 0.411 e. The highest BCUT2D eigenvalue weighted by molar-refractivity contribution is 6.34. The van der Waals surface area contributed by atoms with Crippen molar-refractivity contribution in [2.75, 3.05) is 13.2 Å². The molecule has 4 rings (SSSR count). The molecule has 3 aromatic rings. The van der Waals surface area contributed by atoms with Gasteiger partial charge >= 0.3 is 6.09 Å². The van der Waals surface area contributed by atoms with E-state index in [1.807, 2.05) is 0 Å². The second-order valence-corrected chi connectivity index (χ2v) is 10.3. The molecule has 0 spiro atoms. The van der Waals surface area contributed by atoms with Gasteiger partial charge in [-0.1, -0.05) is 29.3 Å². The van der Waals surface area contributed by atoms with Crippen LogP contribution in [0.25, 0.3) is 11.1 Å². The Morgan fingerprint density at radius 2 is 1.97 bits per heavy atom. The molecule has 8 nitrogen and oxygen atoms in total.